The molecule has 5 amide bonds. The first-order valence-electron chi connectivity index (χ1n) is 15.7. The van der Waals surface area contributed by atoms with Gasteiger partial charge >= 0.3 is 6.09 Å². The Morgan fingerprint density at radius 1 is 0.957 bits per heavy atom. The van der Waals surface area contributed by atoms with Crippen LogP contribution in [0, 0.1) is 5.92 Å². The molecule has 1 heterocycles. The first-order chi connectivity index (χ1) is 22.4. The molecule has 262 valence electrons. The first kappa shape index (κ1) is 39.1. The maximum Gasteiger partial charge on any atom is 0.408 e. The molecule has 1 aliphatic heterocycles. The van der Waals surface area contributed by atoms with Gasteiger partial charge in [-0.3, -0.25) is 19.2 Å². The Hall–Kier alpha value is -4.12. The monoisotopic (exact) mass is 664 g/mol. The topological polar surface area (TPSA) is 250 Å². The number of benzene rings is 1. The van der Waals surface area contributed by atoms with Crippen molar-refractivity contribution in [3.8, 4) is 0 Å². The summed E-state index contributed by atoms with van der Waals surface area (Å²) in [6, 6.07) is 2.27. The Morgan fingerprint density at radius 3 is 2.15 bits per heavy atom. The molecule has 2 rings (SSSR count). The van der Waals surface area contributed by atoms with Gasteiger partial charge in [-0.15, -0.1) is 0 Å². The fourth-order valence-corrected chi connectivity index (χ4v) is 5.05. The number of ether oxygens (including phenoxy) is 1. The number of aliphatic hydroxyl groups is 3. The lowest BCUT2D eigenvalue weighted by Crippen LogP contribution is -2.60. The molecule has 0 saturated carbocycles. The number of likely N-dealkylation sites (tertiary alicyclic amines) is 1. The third kappa shape index (κ3) is 12.5. The zero-order valence-electron chi connectivity index (χ0n) is 26.8. The van der Waals surface area contributed by atoms with Gasteiger partial charge in [0.25, 0.3) is 0 Å². The minimum atomic E-state index is -1.59. The van der Waals surface area contributed by atoms with E-state index in [1.54, 1.807) is 30.3 Å². The number of nitrogens with one attached hydrogen (secondary N) is 4. The van der Waals surface area contributed by atoms with Crippen LogP contribution in [0.25, 0.3) is 0 Å². The van der Waals surface area contributed by atoms with Crippen LogP contribution in [-0.4, -0.2) is 119 Å². The first-order valence-corrected chi connectivity index (χ1v) is 15.7. The van der Waals surface area contributed by atoms with Gasteiger partial charge in [-0.1, -0.05) is 44.2 Å². The second-order valence-electron chi connectivity index (χ2n) is 11.7. The predicted molar refractivity (Wildman–Crippen MR) is 168 cm³/mol. The fraction of sp³-hybridized carbons (Fsp3) is 0.613. The summed E-state index contributed by atoms with van der Waals surface area (Å²) >= 11 is 0. The number of amides is 5. The van der Waals surface area contributed by atoms with Crippen molar-refractivity contribution in [1.82, 2.24) is 26.2 Å². The number of aliphatic hydroxyl groups excluding tert-OH is 3. The van der Waals surface area contributed by atoms with Gasteiger partial charge in [0.05, 0.1) is 25.4 Å². The lowest BCUT2D eigenvalue weighted by Gasteiger charge is -2.31. The normalized spacial score (nSPS) is 18.4. The van der Waals surface area contributed by atoms with Crippen LogP contribution in [0.1, 0.15) is 51.5 Å². The Bertz CT molecular complexity index is 1190. The van der Waals surface area contributed by atoms with Crippen LogP contribution in [0.3, 0.4) is 0 Å². The Labute approximate surface area is 273 Å². The van der Waals surface area contributed by atoms with Crippen LogP contribution in [0.2, 0.25) is 0 Å². The van der Waals surface area contributed by atoms with Crippen LogP contribution in [0.15, 0.2) is 30.3 Å². The molecule has 0 aliphatic carbocycles. The fourth-order valence-electron chi connectivity index (χ4n) is 5.05. The molecule has 0 bridgehead atoms. The quantitative estimate of drug-likeness (QED) is 0.0597. The van der Waals surface area contributed by atoms with E-state index in [0.29, 0.717) is 37.7 Å². The summed E-state index contributed by atoms with van der Waals surface area (Å²) in [5.41, 5.74) is 6.29. The largest absolute Gasteiger partial charge is 0.445 e. The highest BCUT2D eigenvalue weighted by molar-refractivity contribution is 5.96. The minimum absolute atomic E-state index is 0.00166. The minimum Gasteiger partial charge on any atom is -0.445 e. The molecular formula is C31H48N6O10. The zero-order valence-corrected chi connectivity index (χ0v) is 26.8. The van der Waals surface area contributed by atoms with E-state index in [0.717, 1.165) is 4.90 Å². The Morgan fingerprint density at radius 2 is 1.57 bits per heavy atom. The van der Waals surface area contributed by atoms with Gasteiger partial charge in [0, 0.05) is 6.54 Å². The highest BCUT2D eigenvalue weighted by atomic mass is 16.5. The summed E-state index contributed by atoms with van der Waals surface area (Å²) in [6.45, 7) is 2.22. The van der Waals surface area contributed by atoms with Gasteiger partial charge in [-0.25, -0.2) is 4.79 Å². The van der Waals surface area contributed by atoms with Crippen molar-refractivity contribution in [2.75, 3.05) is 26.3 Å². The second-order valence-corrected chi connectivity index (χ2v) is 11.7. The van der Waals surface area contributed by atoms with Crippen molar-refractivity contribution in [3.63, 3.8) is 0 Å². The Balaban J connectivity index is 2.10. The van der Waals surface area contributed by atoms with E-state index in [9.17, 15) is 44.1 Å². The summed E-state index contributed by atoms with van der Waals surface area (Å²) in [5, 5.41) is 39.7. The van der Waals surface area contributed by atoms with E-state index in [2.05, 4.69) is 21.3 Å². The number of nitrogens with two attached hydrogens (primary N) is 1. The predicted octanol–water partition coefficient (Wildman–Crippen LogP) is -1.94. The number of nitrogens with zero attached hydrogens (tertiary/aromatic N) is 1. The van der Waals surface area contributed by atoms with Gasteiger partial charge in [0.1, 0.15) is 37.1 Å². The molecule has 6 atom stereocenters. The van der Waals surface area contributed by atoms with Gasteiger partial charge in [0.15, 0.2) is 0 Å². The van der Waals surface area contributed by atoms with Crippen molar-refractivity contribution in [2.24, 2.45) is 11.7 Å². The molecule has 47 heavy (non-hydrogen) atoms. The Kier molecular flexibility index (Phi) is 16.8. The van der Waals surface area contributed by atoms with Crippen LogP contribution in [0.4, 0.5) is 4.79 Å². The molecule has 9 N–H and O–H groups in total. The van der Waals surface area contributed by atoms with Gasteiger partial charge in [0.2, 0.25) is 23.6 Å². The average molecular weight is 665 g/mol. The van der Waals surface area contributed by atoms with Crippen LogP contribution >= 0.6 is 0 Å². The molecular weight excluding hydrogens is 616 g/mol. The summed E-state index contributed by atoms with van der Waals surface area (Å²) in [6.07, 6.45) is -0.178. The number of hydrogen-bond acceptors (Lipinski definition) is 11. The smallest absolute Gasteiger partial charge is 0.408 e. The maximum absolute atomic E-state index is 13.7. The van der Waals surface area contributed by atoms with Crippen molar-refractivity contribution in [2.45, 2.75) is 88.9 Å². The molecule has 0 spiro atoms. The van der Waals surface area contributed by atoms with E-state index in [4.69, 9.17) is 10.5 Å². The van der Waals surface area contributed by atoms with Gasteiger partial charge in [-0.2, -0.15) is 0 Å². The number of aldehydes is 1. The van der Waals surface area contributed by atoms with E-state index < -0.39 is 79.2 Å². The lowest BCUT2D eigenvalue weighted by atomic mass is 10.0. The molecule has 1 fully saturated rings. The highest BCUT2D eigenvalue weighted by Gasteiger charge is 2.44. The SMILES string of the molecule is CC(C)C[C@@H](C=O)NC(=O)[C@@H]1C(O)CCN1C(=O)[C@H](CCCCN)NC(=O)[C@H](CO)NC(=O)[C@H](CO)NC(=O)OCc1ccccc1. The number of hydrogen-bond donors (Lipinski definition) is 8. The third-order valence-corrected chi connectivity index (χ3v) is 7.52. The van der Waals surface area contributed by atoms with Crippen LogP contribution in [0.5, 0.6) is 0 Å². The van der Waals surface area contributed by atoms with E-state index in [1.807, 2.05) is 13.8 Å². The van der Waals surface area contributed by atoms with Crippen molar-refractivity contribution >= 4 is 36.0 Å². The highest BCUT2D eigenvalue weighted by Crippen LogP contribution is 2.21. The lowest BCUT2D eigenvalue weighted by molar-refractivity contribution is -0.144. The standard InChI is InChI=1S/C31H48N6O10/c1-19(2)14-21(15-38)33-29(44)26-25(41)11-13-37(26)30(45)22(10-6-7-12-32)34-27(42)23(16-39)35-28(43)24(17-40)36-31(46)47-18-20-8-4-3-5-9-20/h3-5,8-9,15,19,21-26,39-41H,6-7,10-14,16-18,32H2,1-2H3,(H,33,44)(H,34,42)(H,35,43)(H,36,46)/t21-,22-,23-,24-,25?,26-/m0/s1. The molecule has 1 saturated heterocycles. The molecule has 16 heteroatoms. The molecule has 1 aliphatic rings. The van der Waals surface area contributed by atoms with E-state index >= 15 is 0 Å². The maximum atomic E-state index is 13.7. The molecule has 1 aromatic rings. The summed E-state index contributed by atoms with van der Waals surface area (Å²) in [4.78, 5) is 77.7. The summed E-state index contributed by atoms with van der Waals surface area (Å²) in [5.74, 6) is -3.25. The number of carbonyl (C=O) groups excluding carboxylic acids is 6. The van der Waals surface area contributed by atoms with Gasteiger partial charge < -0.3 is 56.8 Å². The van der Waals surface area contributed by atoms with Crippen LogP contribution < -0.4 is 27.0 Å². The van der Waals surface area contributed by atoms with Crippen molar-refractivity contribution in [1.29, 1.82) is 0 Å². The molecule has 1 aromatic carbocycles. The summed E-state index contributed by atoms with van der Waals surface area (Å²) < 4.78 is 5.06. The number of alkyl carbamates (subject to hydrolysis) is 1. The molecule has 16 nitrogen and oxygen atoms in total. The molecule has 1 unspecified atom stereocenters. The molecule has 0 aromatic heterocycles. The van der Waals surface area contributed by atoms with Crippen molar-refractivity contribution in [3.05, 3.63) is 35.9 Å². The number of carbonyl (C=O) groups is 6. The molecule has 0 radical (unpaired) electrons. The number of rotatable bonds is 19. The van der Waals surface area contributed by atoms with Gasteiger partial charge in [-0.05, 0) is 50.1 Å². The van der Waals surface area contributed by atoms with E-state index in [1.165, 1.54) is 0 Å². The summed E-state index contributed by atoms with van der Waals surface area (Å²) in [7, 11) is 0. The van der Waals surface area contributed by atoms with Crippen LogP contribution in [-0.2, 0) is 35.3 Å². The van der Waals surface area contributed by atoms with Crippen molar-refractivity contribution < 1.29 is 48.8 Å². The average Bonchev–Trinajstić information content (AvgIpc) is 3.45. The third-order valence-electron chi connectivity index (χ3n) is 7.52. The van der Waals surface area contributed by atoms with E-state index in [-0.39, 0.29) is 31.9 Å². The number of unbranched alkanes of at least 4 members (excludes halogenated alkanes) is 1. The zero-order chi connectivity index (χ0) is 34.9. The second kappa shape index (κ2) is 20.2.